The standard InChI is InChI=1S/C18H19N5O2S/c24-17(19-8-13-3-5-20-22-13)14-10-1-2-11(7-10)15(14)18-21-16(23-25-18)12-4-6-26-9-12/h3-6,9-11,14-15H,1-2,7-8H2,(H,19,24)(H,20,22)/t10-,11+,14-,15-/m0/s1. The number of H-pyrrole nitrogens is 1. The summed E-state index contributed by atoms with van der Waals surface area (Å²) in [5.74, 6) is 2.10. The van der Waals surface area contributed by atoms with Crippen molar-refractivity contribution in [2.75, 3.05) is 0 Å². The quantitative estimate of drug-likeness (QED) is 0.721. The summed E-state index contributed by atoms with van der Waals surface area (Å²) < 4.78 is 5.60. The highest BCUT2D eigenvalue weighted by Crippen LogP contribution is 2.56. The van der Waals surface area contributed by atoms with Gasteiger partial charge < -0.3 is 9.84 Å². The van der Waals surface area contributed by atoms with Gasteiger partial charge in [-0.25, -0.2) is 0 Å². The van der Waals surface area contributed by atoms with E-state index in [1.165, 1.54) is 0 Å². The van der Waals surface area contributed by atoms with Crippen LogP contribution in [0.25, 0.3) is 11.4 Å². The maximum Gasteiger partial charge on any atom is 0.231 e. The first-order valence-electron chi connectivity index (χ1n) is 8.91. The zero-order chi connectivity index (χ0) is 17.5. The monoisotopic (exact) mass is 369 g/mol. The van der Waals surface area contributed by atoms with Gasteiger partial charge in [-0.1, -0.05) is 5.16 Å². The fourth-order valence-corrected chi connectivity index (χ4v) is 5.22. The van der Waals surface area contributed by atoms with Gasteiger partial charge in [0.2, 0.25) is 17.6 Å². The number of hydrogen-bond donors (Lipinski definition) is 2. The Morgan fingerprint density at radius 2 is 2.27 bits per heavy atom. The van der Waals surface area contributed by atoms with E-state index in [4.69, 9.17) is 4.52 Å². The first-order valence-corrected chi connectivity index (χ1v) is 9.86. The Morgan fingerprint density at radius 1 is 1.35 bits per heavy atom. The van der Waals surface area contributed by atoms with Gasteiger partial charge in [0.25, 0.3) is 0 Å². The second kappa shape index (κ2) is 6.35. The third kappa shape index (κ3) is 2.65. The van der Waals surface area contributed by atoms with Gasteiger partial charge in [-0.3, -0.25) is 9.89 Å². The first kappa shape index (κ1) is 15.7. The van der Waals surface area contributed by atoms with Gasteiger partial charge in [0.15, 0.2) is 0 Å². The smallest absolute Gasteiger partial charge is 0.231 e. The van der Waals surface area contributed by atoms with Gasteiger partial charge in [-0.15, -0.1) is 0 Å². The van der Waals surface area contributed by atoms with Crippen molar-refractivity contribution in [1.29, 1.82) is 0 Å². The van der Waals surface area contributed by atoms with Crippen molar-refractivity contribution in [3.05, 3.63) is 40.7 Å². The van der Waals surface area contributed by atoms with E-state index in [0.717, 1.165) is 30.5 Å². The van der Waals surface area contributed by atoms with E-state index in [1.807, 2.05) is 22.9 Å². The van der Waals surface area contributed by atoms with Crippen molar-refractivity contribution in [1.82, 2.24) is 25.7 Å². The highest BCUT2D eigenvalue weighted by molar-refractivity contribution is 7.08. The normalized spacial score (nSPS) is 27.1. The van der Waals surface area contributed by atoms with Gasteiger partial charge in [-0.05, 0) is 48.6 Å². The average molecular weight is 369 g/mol. The number of rotatable bonds is 5. The van der Waals surface area contributed by atoms with Gasteiger partial charge in [0, 0.05) is 17.1 Å². The summed E-state index contributed by atoms with van der Waals surface area (Å²) >= 11 is 1.60. The SMILES string of the molecule is O=C(NCc1ccn[nH]1)[C@H]1[C@H]2CC[C@H](C2)[C@@H]1c1nc(-c2ccsc2)no1. The Kier molecular flexibility index (Phi) is 3.85. The second-order valence-electron chi connectivity index (χ2n) is 7.15. The lowest BCUT2D eigenvalue weighted by Gasteiger charge is -2.27. The van der Waals surface area contributed by atoms with E-state index in [1.54, 1.807) is 17.5 Å². The molecule has 26 heavy (non-hydrogen) atoms. The lowest BCUT2D eigenvalue weighted by atomic mass is 9.78. The van der Waals surface area contributed by atoms with Crippen LogP contribution in [0.4, 0.5) is 0 Å². The minimum atomic E-state index is -0.0903. The Hall–Kier alpha value is -2.48. The van der Waals surface area contributed by atoms with Crippen molar-refractivity contribution >= 4 is 17.2 Å². The summed E-state index contributed by atoms with van der Waals surface area (Å²) in [7, 11) is 0. The fraction of sp³-hybridized carbons (Fsp3) is 0.444. The number of fused-ring (bicyclic) bond motifs is 2. The number of aromatic amines is 1. The van der Waals surface area contributed by atoms with E-state index in [2.05, 4.69) is 25.7 Å². The molecule has 3 aromatic heterocycles. The van der Waals surface area contributed by atoms with Crippen LogP contribution in [0.15, 0.2) is 33.6 Å². The van der Waals surface area contributed by atoms with Gasteiger partial charge in [0.05, 0.1) is 24.1 Å². The maximum absolute atomic E-state index is 12.9. The number of nitrogens with zero attached hydrogens (tertiary/aromatic N) is 3. The molecule has 4 atom stereocenters. The summed E-state index contributed by atoms with van der Waals surface area (Å²) in [4.78, 5) is 17.5. The molecule has 2 saturated carbocycles. The molecule has 0 unspecified atom stereocenters. The molecule has 0 radical (unpaired) electrons. The number of carbonyl (C=O) groups is 1. The number of hydrogen-bond acceptors (Lipinski definition) is 6. The maximum atomic E-state index is 12.9. The lowest BCUT2D eigenvalue weighted by Crippen LogP contribution is -2.37. The molecule has 0 aliphatic heterocycles. The minimum absolute atomic E-state index is 0.0235. The van der Waals surface area contributed by atoms with Crippen molar-refractivity contribution in [2.45, 2.75) is 31.7 Å². The van der Waals surface area contributed by atoms with Crippen molar-refractivity contribution < 1.29 is 9.32 Å². The predicted octanol–water partition coefficient (Wildman–Crippen LogP) is 2.97. The Morgan fingerprint density at radius 3 is 3.08 bits per heavy atom. The van der Waals surface area contributed by atoms with Gasteiger partial charge >= 0.3 is 0 Å². The van der Waals surface area contributed by atoms with Crippen LogP contribution in [-0.4, -0.2) is 26.2 Å². The minimum Gasteiger partial charge on any atom is -0.350 e. The molecule has 8 heteroatoms. The molecule has 2 N–H and O–H groups in total. The summed E-state index contributed by atoms with van der Waals surface area (Å²) in [6.07, 6.45) is 5.00. The van der Waals surface area contributed by atoms with E-state index in [9.17, 15) is 4.79 Å². The van der Waals surface area contributed by atoms with Crippen LogP contribution < -0.4 is 5.32 Å². The molecule has 2 aliphatic carbocycles. The molecule has 0 aromatic carbocycles. The molecule has 3 aromatic rings. The zero-order valence-electron chi connectivity index (χ0n) is 14.1. The number of carbonyl (C=O) groups excluding carboxylic acids is 1. The first-order chi connectivity index (χ1) is 12.8. The molecule has 0 saturated heterocycles. The van der Waals surface area contributed by atoms with E-state index < -0.39 is 0 Å². The van der Waals surface area contributed by atoms with Crippen LogP contribution in [0, 0.1) is 17.8 Å². The molecule has 3 heterocycles. The second-order valence-corrected chi connectivity index (χ2v) is 7.93. The summed E-state index contributed by atoms with van der Waals surface area (Å²) in [5, 5.41) is 18.0. The largest absolute Gasteiger partial charge is 0.350 e. The van der Waals surface area contributed by atoms with Crippen LogP contribution in [0.1, 0.15) is 36.8 Å². The lowest BCUT2D eigenvalue weighted by molar-refractivity contribution is -0.127. The van der Waals surface area contributed by atoms with Crippen LogP contribution in [0.5, 0.6) is 0 Å². The Bertz CT molecular complexity index is 889. The van der Waals surface area contributed by atoms with E-state index in [0.29, 0.717) is 30.1 Å². The number of amides is 1. The molecule has 5 rings (SSSR count). The van der Waals surface area contributed by atoms with Crippen LogP contribution in [-0.2, 0) is 11.3 Å². The number of thiophene rings is 1. The third-order valence-electron chi connectivity index (χ3n) is 5.74. The number of nitrogens with one attached hydrogen (secondary N) is 2. The molecular formula is C18H19N5O2S. The summed E-state index contributed by atoms with van der Waals surface area (Å²) in [6, 6.07) is 3.85. The number of aromatic nitrogens is 4. The molecule has 0 spiro atoms. The predicted molar refractivity (Wildman–Crippen MR) is 95.1 cm³/mol. The van der Waals surface area contributed by atoms with Crippen LogP contribution >= 0.6 is 11.3 Å². The molecule has 2 aliphatic rings. The summed E-state index contributed by atoms with van der Waals surface area (Å²) in [6.45, 7) is 0.462. The van der Waals surface area contributed by atoms with Crippen molar-refractivity contribution in [3.8, 4) is 11.4 Å². The molecule has 2 bridgehead atoms. The highest BCUT2D eigenvalue weighted by atomic mass is 32.1. The van der Waals surface area contributed by atoms with Crippen molar-refractivity contribution in [2.24, 2.45) is 17.8 Å². The van der Waals surface area contributed by atoms with Crippen molar-refractivity contribution in [3.63, 3.8) is 0 Å². The van der Waals surface area contributed by atoms with Gasteiger partial charge in [0.1, 0.15) is 0 Å². The Balaban J connectivity index is 1.37. The molecular weight excluding hydrogens is 350 g/mol. The zero-order valence-corrected chi connectivity index (χ0v) is 14.9. The average Bonchev–Trinajstić information content (AvgIpc) is 3.45. The van der Waals surface area contributed by atoms with Crippen LogP contribution in [0.3, 0.4) is 0 Å². The van der Waals surface area contributed by atoms with Gasteiger partial charge in [-0.2, -0.15) is 21.4 Å². The molecule has 134 valence electrons. The molecule has 2 fully saturated rings. The van der Waals surface area contributed by atoms with Crippen LogP contribution in [0.2, 0.25) is 0 Å². The van der Waals surface area contributed by atoms with E-state index in [-0.39, 0.29) is 17.7 Å². The fourth-order valence-electron chi connectivity index (χ4n) is 4.59. The molecule has 7 nitrogen and oxygen atoms in total. The third-order valence-corrected chi connectivity index (χ3v) is 6.42. The molecule has 1 amide bonds. The highest BCUT2D eigenvalue weighted by Gasteiger charge is 2.53. The topological polar surface area (TPSA) is 96.7 Å². The summed E-state index contributed by atoms with van der Waals surface area (Å²) in [5.41, 5.74) is 1.86. The Labute approximate surface area is 154 Å². The van der Waals surface area contributed by atoms with E-state index >= 15 is 0 Å².